The van der Waals surface area contributed by atoms with Gasteiger partial charge in [-0.15, -0.1) is 0 Å². The molecule has 2 aromatic rings. The molecule has 2 aromatic carbocycles. The summed E-state index contributed by atoms with van der Waals surface area (Å²) in [5.41, 5.74) is 2.57. The van der Waals surface area contributed by atoms with Crippen molar-refractivity contribution < 1.29 is 8.85 Å². The predicted octanol–water partition coefficient (Wildman–Crippen LogP) is 4.89. The highest BCUT2D eigenvalue weighted by molar-refractivity contribution is 6.84. The molecule has 0 aliphatic carbocycles. The number of benzene rings is 2. The first-order valence-electron chi connectivity index (χ1n) is 9.84. The fraction of sp³-hybridized carbons (Fsp3) is 0.478. The van der Waals surface area contributed by atoms with Crippen molar-refractivity contribution in [3.63, 3.8) is 0 Å². The minimum Gasteiger partial charge on any atom is -0.412 e. The molecule has 0 saturated carbocycles. The van der Waals surface area contributed by atoms with Crippen LogP contribution in [0, 0.1) is 19.3 Å². The molecule has 0 N–H and O–H groups in total. The van der Waals surface area contributed by atoms with Crippen molar-refractivity contribution in [2.24, 2.45) is 5.41 Å². The molecule has 0 fully saturated rings. The van der Waals surface area contributed by atoms with E-state index in [1.165, 1.54) is 21.5 Å². The highest BCUT2D eigenvalue weighted by Gasteiger charge is 2.32. The Labute approximate surface area is 168 Å². The van der Waals surface area contributed by atoms with E-state index in [0.29, 0.717) is 0 Å². The van der Waals surface area contributed by atoms with Crippen LogP contribution in [0.25, 0.3) is 0 Å². The summed E-state index contributed by atoms with van der Waals surface area (Å²) in [6.07, 6.45) is 0. The highest BCUT2D eigenvalue weighted by Crippen LogP contribution is 2.21. The summed E-state index contributed by atoms with van der Waals surface area (Å²) < 4.78 is 13.0. The van der Waals surface area contributed by atoms with Gasteiger partial charge in [0.05, 0.1) is 0 Å². The molecule has 2 nitrogen and oxygen atoms in total. The van der Waals surface area contributed by atoms with E-state index in [4.69, 9.17) is 8.85 Å². The van der Waals surface area contributed by atoms with E-state index in [-0.39, 0.29) is 5.41 Å². The number of rotatable bonds is 8. The summed E-state index contributed by atoms with van der Waals surface area (Å²) in [4.78, 5) is 0. The second kappa shape index (κ2) is 8.43. The molecule has 2 rings (SSSR count). The second-order valence-electron chi connectivity index (χ2n) is 9.49. The smallest absolute Gasteiger partial charge is 0.218 e. The van der Waals surface area contributed by atoms with Crippen molar-refractivity contribution in [2.45, 2.75) is 53.9 Å². The third-order valence-corrected chi connectivity index (χ3v) is 10.3. The molecule has 0 heterocycles. The van der Waals surface area contributed by atoms with Gasteiger partial charge in [0.15, 0.2) is 0 Å². The summed E-state index contributed by atoms with van der Waals surface area (Å²) in [6, 6.07) is 17.6. The van der Waals surface area contributed by atoms with E-state index >= 15 is 0 Å². The zero-order valence-corrected chi connectivity index (χ0v) is 20.3. The van der Waals surface area contributed by atoms with E-state index in [2.05, 4.69) is 102 Å². The summed E-state index contributed by atoms with van der Waals surface area (Å²) in [7, 11) is -3.80. The molecule has 0 amide bonds. The molecule has 0 radical (unpaired) electrons. The number of hydrogen-bond acceptors (Lipinski definition) is 2. The lowest BCUT2D eigenvalue weighted by atomic mass is 9.97. The molecule has 0 spiro atoms. The fourth-order valence-corrected chi connectivity index (χ4v) is 6.65. The topological polar surface area (TPSA) is 18.5 Å². The third kappa shape index (κ3) is 6.42. The van der Waals surface area contributed by atoms with Gasteiger partial charge in [0.1, 0.15) is 0 Å². The Kier molecular flexibility index (Phi) is 6.90. The summed E-state index contributed by atoms with van der Waals surface area (Å²) in [5, 5.41) is 2.69. The molecule has 0 aromatic heterocycles. The van der Waals surface area contributed by atoms with Crippen LogP contribution >= 0.6 is 0 Å². The van der Waals surface area contributed by atoms with E-state index in [1.807, 2.05) is 0 Å². The molecule has 148 valence electrons. The maximum absolute atomic E-state index is 6.48. The van der Waals surface area contributed by atoms with E-state index in [9.17, 15) is 0 Å². The van der Waals surface area contributed by atoms with Gasteiger partial charge in [0, 0.05) is 18.6 Å². The molecule has 0 atom stereocenters. The second-order valence-corrected chi connectivity index (χ2v) is 17.3. The quantitative estimate of drug-likeness (QED) is 0.588. The lowest BCUT2D eigenvalue weighted by Crippen LogP contribution is -2.49. The van der Waals surface area contributed by atoms with Crippen LogP contribution in [-0.4, -0.2) is 29.8 Å². The molecular formula is C23H36O2Si2. The van der Waals surface area contributed by atoms with Crippen LogP contribution in [0.15, 0.2) is 48.5 Å². The molecule has 0 aliphatic heterocycles. The van der Waals surface area contributed by atoms with Gasteiger partial charge < -0.3 is 8.85 Å². The Morgan fingerprint density at radius 1 is 0.630 bits per heavy atom. The Hall–Kier alpha value is -1.21. The van der Waals surface area contributed by atoms with Gasteiger partial charge in [-0.3, -0.25) is 0 Å². The van der Waals surface area contributed by atoms with Crippen molar-refractivity contribution in [1.29, 1.82) is 0 Å². The first-order valence-corrected chi connectivity index (χ1v) is 15.7. The number of aryl methyl sites for hydroxylation is 2. The molecular weight excluding hydrogens is 364 g/mol. The fourth-order valence-electron chi connectivity index (χ4n) is 2.87. The van der Waals surface area contributed by atoms with Crippen molar-refractivity contribution >= 4 is 27.0 Å². The van der Waals surface area contributed by atoms with Crippen molar-refractivity contribution in [3.05, 3.63) is 59.7 Å². The molecule has 0 saturated heterocycles. The molecule has 0 aliphatic rings. The minimum absolute atomic E-state index is 0.00999. The van der Waals surface area contributed by atoms with Crippen LogP contribution < -0.4 is 10.4 Å². The lowest BCUT2D eigenvalue weighted by molar-refractivity contribution is 0.105. The van der Waals surface area contributed by atoms with Crippen LogP contribution in [0.3, 0.4) is 0 Å². The van der Waals surface area contributed by atoms with Crippen LogP contribution in [0.2, 0.25) is 26.2 Å². The molecule has 0 bridgehead atoms. The molecule has 27 heavy (non-hydrogen) atoms. The predicted molar refractivity (Wildman–Crippen MR) is 122 cm³/mol. The van der Waals surface area contributed by atoms with Gasteiger partial charge in [-0.1, -0.05) is 73.5 Å². The Morgan fingerprint density at radius 2 is 0.926 bits per heavy atom. The van der Waals surface area contributed by atoms with Gasteiger partial charge in [-0.05, 0) is 50.4 Å². The van der Waals surface area contributed by atoms with E-state index in [1.54, 1.807) is 0 Å². The van der Waals surface area contributed by atoms with Gasteiger partial charge in [0.2, 0.25) is 16.6 Å². The van der Waals surface area contributed by atoms with Gasteiger partial charge in [-0.25, -0.2) is 0 Å². The van der Waals surface area contributed by atoms with Gasteiger partial charge in [-0.2, -0.15) is 0 Å². The summed E-state index contributed by atoms with van der Waals surface area (Å²) >= 11 is 0. The van der Waals surface area contributed by atoms with Crippen LogP contribution in [0.5, 0.6) is 0 Å². The van der Waals surface area contributed by atoms with Gasteiger partial charge >= 0.3 is 0 Å². The Bertz CT molecular complexity index is 668. The molecule has 4 heteroatoms. The monoisotopic (exact) mass is 400 g/mol. The zero-order chi connectivity index (χ0) is 20.3. The van der Waals surface area contributed by atoms with E-state index in [0.717, 1.165) is 13.2 Å². The van der Waals surface area contributed by atoms with Crippen molar-refractivity contribution in [1.82, 2.24) is 0 Å². The average molecular weight is 401 g/mol. The highest BCUT2D eigenvalue weighted by atomic mass is 28.4. The van der Waals surface area contributed by atoms with Crippen LogP contribution in [-0.2, 0) is 8.85 Å². The average Bonchev–Trinajstić information content (AvgIpc) is 2.60. The van der Waals surface area contributed by atoms with Crippen LogP contribution in [0.4, 0.5) is 0 Å². The molecule has 0 unspecified atom stereocenters. The maximum atomic E-state index is 6.48. The van der Waals surface area contributed by atoms with Crippen molar-refractivity contribution in [3.8, 4) is 0 Å². The normalized spacial score (nSPS) is 13.0. The largest absolute Gasteiger partial charge is 0.412 e. The van der Waals surface area contributed by atoms with Crippen molar-refractivity contribution in [2.75, 3.05) is 13.2 Å². The maximum Gasteiger partial charge on any atom is 0.218 e. The SMILES string of the molecule is Cc1ccc([Si](C)(C)OCC(C)(C)CO[Si](C)(C)c2ccc(C)cc2)cc1. The zero-order valence-electron chi connectivity index (χ0n) is 18.3. The lowest BCUT2D eigenvalue weighted by Gasteiger charge is -2.34. The Morgan fingerprint density at radius 3 is 1.22 bits per heavy atom. The standard InChI is InChI=1S/C23H36O2Si2/c1-19-9-13-21(14-10-19)26(5,6)24-17-23(3,4)18-25-27(7,8)22-15-11-20(2)12-16-22/h9-16H,17-18H2,1-8H3. The minimum atomic E-state index is -1.90. The van der Waals surface area contributed by atoms with Crippen LogP contribution in [0.1, 0.15) is 25.0 Å². The first kappa shape index (κ1) is 22.1. The first-order chi connectivity index (χ1) is 12.4. The summed E-state index contributed by atoms with van der Waals surface area (Å²) in [5.74, 6) is 0. The van der Waals surface area contributed by atoms with E-state index < -0.39 is 16.6 Å². The summed E-state index contributed by atoms with van der Waals surface area (Å²) in [6.45, 7) is 19.3. The number of hydrogen-bond donors (Lipinski definition) is 0. The van der Waals surface area contributed by atoms with Gasteiger partial charge in [0.25, 0.3) is 0 Å². The third-order valence-electron chi connectivity index (χ3n) is 5.14. The Balaban J connectivity index is 1.95.